The lowest BCUT2D eigenvalue weighted by molar-refractivity contribution is -0.141. The molecule has 136 valence electrons. The zero-order valence-corrected chi connectivity index (χ0v) is 14.1. The highest BCUT2D eigenvalue weighted by molar-refractivity contribution is 5.90. The third-order valence-electron chi connectivity index (χ3n) is 3.70. The maximum Gasteiger partial charge on any atom is 0.435 e. The van der Waals surface area contributed by atoms with Gasteiger partial charge < -0.3 is 5.32 Å². The van der Waals surface area contributed by atoms with Crippen LogP contribution in [0.3, 0.4) is 0 Å². The number of halogens is 3. The van der Waals surface area contributed by atoms with Gasteiger partial charge in [-0.2, -0.15) is 23.4 Å². The first-order chi connectivity index (χ1) is 12.2. The predicted molar refractivity (Wildman–Crippen MR) is 88.9 cm³/mol. The summed E-state index contributed by atoms with van der Waals surface area (Å²) in [5.74, 6) is -0.465. The Bertz CT molecular complexity index is 925. The number of nitrogens with one attached hydrogen (secondary N) is 1. The number of alkyl halides is 3. The summed E-state index contributed by atoms with van der Waals surface area (Å²) < 4.78 is 40.7. The average molecular weight is 363 g/mol. The fourth-order valence-electron chi connectivity index (χ4n) is 2.40. The SMILES string of the molecule is Cc1ccn(-c2ccc(NC(=O)Cn3nc(C(F)(F)F)cc3C)cc2)n1. The van der Waals surface area contributed by atoms with Gasteiger partial charge in [-0.05, 0) is 50.2 Å². The third kappa shape index (κ3) is 3.93. The van der Waals surface area contributed by atoms with Crippen molar-refractivity contribution in [1.29, 1.82) is 0 Å². The van der Waals surface area contributed by atoms with Crippen LogP contribution in [0.4, 0.5) is 18.9 Å². The number of nitrogens with zero attached hydrogens (tertiary/aromatic N) is 4. The van der Waals surface area contributed by atoms with Crippen LogP contribution < -0.4 is 5.32 Å². The molecular formula is C17H16F3N5O. The number of carbonyl (C=O) groups excluding carboxylic acids is 1. The second-order valence-corrected chi connectivity index (χ2v) is 5.82. The molecule has 1 N–H and O–H groups in total. The van der Waals surface area contributed by atoms with E-state index in [9.17, 15) is 18.0 Å². The van der Waals surface area contributed by atoms with Crippen LogP contribution in [0.1, 0.15) is 17.1 Å². The molecule has 0 fully saturated rings. The van der Waals surface area contributed by atoms with E-state index in [4.69, 9.17) is 0 Å². The Morgan fingerprint density at radius 2 is 1.81 bits per heavy atom. The number of aromatic nitrogens is 4. The molecule has 6 nitrogen and oxygen atoms in total. The molecule has 1 amide bonds. The van der Waals surface area contributed by atoms with E-state index in [1.807, 2.05) is 19.2 Å². The maximum absolute atomic E-state index is 12.7. The molecule has 3 aromatic rings. The van der Waals surface area contributed by atoms with Crippen molar-refractivity contribution >= 4 is 11.6 Å². The van der Waals surface area contributed by atoms with Gasteiger partial charge in [-0.3, -0.25) is 9.48 Å². The van der Waals surface area contributed by atoms with Crippen LogP contribution in [0.25, 0.3) is 5.69 Å². The van der Waals surface area contributed by atoms with E-state index in [1.165, 1.54) is 6.92 Å². The minimum absolute atomic E-state index is 0.261. The number of aryl methyl sites for hydroxylation is 2. The number of amides is 1. The molecule has 3 rings (SSSR count). The highest BCUT2D eigenvalue weighted by Crippen LogP contribution is 2.28. The van der Waals surface area contributed by atoms with Gasteiger partial charge in [0.05, 0.1) is 11.4 Å². The Balaban J connectivity index is 1.66. The number of rotatable bonds is 4. The summed E-state index contributed by atoms with van der Waals surface area (Å²) in [5.41, 5.74) is 1.49. The van der Waals surface area contributed by atoms with Gasteiger partial charge in [-0.1, -0.05) is 0 Å². The minimum atomic E-state index is -4.53. The van der Waals surface area contributed by atoms with E-state index in [2.05, 4.69) is 15.5 Å². The second-order valence-electron chi connectivity index (χ2n) is 5.82. The molecular weight excluding hydrogens is 347 g/mol. The second kappa shape index (κ2) is 6.66. The Kier molecular flexibility index (Phi) is 4.54. The third-order valence-corrected chi connectivity index (χ3v) is 3.70. The lowest BCUT2D eigenvalue weighted by Crippen LogP contribution is -2.20. The molecule has 0 atom stereocenters. The van der Waals surface area contributed by atoms with Crippen molar-refractivity contribution in [3.05, 3.63) is 59.7 Å². The van der Waals surface area contributed by atoms with Crippen LogP contribution in [0, 0.1) is 13.8 Å². The quantitative estimate of drug-likeness (QED) is 0.773. The molecule has 0 saturated heterocycles. The zero-order chi connectivity index (χ0) is 18.9. The van der Waals surface area contributed by atoms with E-state index in [-0.39, 0.29) is 12.2 Å². The van der Waals surface area contributed by atoms with E-state index in [0.29, 0.717) is 5.69 Å². The van der Waals surface area contributed by atoms with Crippen molar-refractivity contribution in [2.75, 3.05) is 5.32 Å². The van der Waals surface area contributed by atoms with Gasteiger partial charge >= 0.3 is 6.18 Å². The monoisotopic (exact) mass is 363 g/mol. The van der Waals surface area contributed by atoms with E-state index >= 15 is 0 Å². The molecule has 0 aliphatic rings. The molecule has 0 unspecified atom stereocenters. The van der Waals surface area contributed by atoms with Crippen LogP contribution in [0.15, 0.2) is 42.6 Å². The predicted octanol–water partition coefficient (Wildman–Crippen LogP) is 3.34. The van der Waals surface area contributed by atoms with Crippen molar-refractivity contribution < 1.29 is 18.0 Å². The molecule has 0 bridgehead atoms. The molecule has 26 heavy (non-hydrogen) atoms. The van der Waals surface area contributed by atoms with E-state index < -0.39 is 17.8 Å². The normalized spacial score (nSPS) is 11.6. The molecule has 1 aromatic carbocycles. The molecule has 0 aliphatic carbocycles. The van der Waals surface area contributed by atoms with Crippen molar-refractivity contribution in [3.8, 4) is 5.69 Å². The smallest absolute Gasteiger partial charge is 0.324 e. The lowest BCUT2D eigenvalue weighted by Gasteiger charge is -2.08. The number of hydrogen-bond donors (Lipinski definition) is 1. The van der Waals surface area contributed by atoms with Crippen LogP contribution in [-0.2, 0) is 17.5 Å². The van der Waals surface area contributed by atoms with Gasteiger partial charge in [0.25, 0.3) is 0 Å². The maximum atomic E-state index is 12.7. The van der Waals surface area contributed by atoms with Crippen molar-refractivity contribution in [2.24, 2.45) is 0 Å². The lowest BCUT2D eigenvalue weighted by atomic mass is 10.3. The first-order valence-corrected chi connectivity index (χ1v) is 7.76. The Morgan fingerprint density at radius 3 is 2.35 bits per heavy atom. The molecule has 0 spiro atoms. The van der Waals surface area contributed by atoms with Crippen LogP contribution in [0.5, 0.6) is 0 Å². The summed E-state index contributed by atoms with van der Waals surface area (Å²) in [6.45, 7) is 3.05. The number of carbonyl (C=O) groups is 1. The van der Waals surface area contributed by atoms with Gasteiger partial charge in [0.15, 0.2) is 5.69 Å². The number of hydrogen-bond acceptors (Lipinski definition) is 3. The summed E-state index contributed by atoms with van der Waals surface area (Å²) in [6, 6.07) is 9.74. The van der Waals surface area contributed by atoms with Crippen molar-refractivity contribution in [3.63, 3.8) is 0 Å². The fraction of sp³-hybridized carbons (Fsp3) is 0.235. The largest absolute Gasteiger partial charge is 0.435 e. The summed E-state index contributed by atoms with van der Waals surface area (Å²) in [7, 11) is 0. The standard InChI is InChI=1S/C17H16F3N5O/c1-11-7-8-24(22-11)14-5-3-13(4-6-14)21-16(26)10-25-12(2)9-15(23-25)17(18,19)20/h3-9H,10H2,1-2H3,(H,21,26). The van der Waals surface area contributed by atoms with Gasteiger partial charge in [-0.25, -0.2) is 4.68 Å². The molecule has 2 heterocycles. The average Bonchev–Trinajstić information content (AvgIpc) is 3.14. The van der Waals surface area contributed by atoms with Crippen molar-refractivity contribution in [2.45, 2.75) is 26.6 Å². The van der Waals surface area contributed by atoms with Crippen LogP contribution in [0.2, 0.25) is 0 Å². The topological polar surface area (TPSA) is 64.7 Å². The van der Waals surface area contributed by atoms with Crippen LogP contribution >= 0.6 is 0 Å². The minimum Gasteiger partial charge on any atom is -0.324 e. The van der Waals surface area contributed by atoms with Crippen molar-refractivity contribution in [1.82, 2.24) is 19.6 Å². The molecule has 0 aliphatic heterocycles. The van der Waals surface area contributed by atoms with Gasteiger partial charge in [0, 0.05) is 17.6 Å². The Morgan fingerprint density at radius 1 is 1.12 bits per heavy atom. The molecule has 9 heteroatoms. The Labute approximate surface area is 147 Å². The van der Waals surface area contributed by atoms with Gasteiger partial charge in [0.2, 0.25) is 5.91 Å². The van der Waals surface area contributed by atoms with Gasteiger partial charge in [-0.15, -0.1) is 0 Å². The molecule has 0 radical (unpaired) electrons. The summed E-state index contributed by atoms with van der Waals surface area (Å²) in [6.07, 6.45) is -2.71. The van der Waals surface area contributed by atoms with E-state index in [1.54, 1.807) is 28.9 Å². The first-order valence-electron chi connectivity index (χ1n) is 7.76. The number of benzene rings is 1. The number of anilines is 1. The van der Waals surface area contributed by atoms with Gasteiger partial charge in [0.1, 0.15) is 6.54 Å². The highest BCUT2D eigenvalue weighted by Gasteiger charge is 2.34. The summed E-state index contributed by atoms with van der Waals surface area (Å²) in [4.78, 5) is 12.1. The fourth-order valence-corrected chi connectivity index (χ4v) is 2.40. The molecule has 0 saturated carbocycles. The zero-order valence-electron chi connectivity index (χ0n) is 14.1. The van der Waals surface area contributed by atoms with E-state index in [0.717, 1.165) is 22.1 Å². The molecule has 2 aromatic heterocycles. The van der Waals surface area contributed by atoms with Crippen LogP contribution in [-0.4, -0.2) is 25.5 Å². The highest BCUT2D eigenvalue weighted by atomic mass is 19.4. The Hall–Kier alpha value is -3.10. The first kappa shape index (κ1) is 17.7. The summed E-state index contributed by atoms with van der Waals surface area (Å²) >= 11 is 0. The summed E-state index contributed by atoms with van der Waals surface area (Å²) in [5, 5.41) is 10.4.